The Hall–Kier alpha value is -3.49. The van der Waals surface area contributed by atoms with Gasteiger partial charge in [0.15, 0.2) is 0 Å². The van der Waals surface area contributed by atoms with Crippen LogP contribution in [0, 0.1) is 13.8 Å². The summed E-state index contributed by atoms with van der Waals surface area (Å²) in [6.07, 6.45) is -3.64. The molecule has 1 aliphatic carbocycles. The highest BCUT2D eigenvalue weighted by atomic mass is 19.4. The number of nitrogens with zero attached hydrogens (tertiary/aromatic N) is 4. The Morgan fingerprint density at radius 1 is 1.10 bits per heavy atom. The summed E-state index contributed by atoms with van der Waals surface area (Å²) < 4.78 is 40.2. The first-order chi connectivity index (χ1) is 14.7. The third kappa shape index (κ3) is 3.11. The highest BCUT2D eigenvalue weighted by Gasteiger charge is 2.35. The van der Waals surface area contributed by atoms with Gasteiger partial charge in [0.2, 0.25) is 0 Å². The maximum Gasteiger partial charge on any atom is 0.433 e. The number of benzene rings is 1. The van der Waals surface area contributed by atoms with Crippen molar-refractivity contribution in [1.82, 2.24) is 25.1 Å². The Bertz CT molecular complexity index is 1360. The summed E-state index contributed by atoms with van der Waals surface area (Å²) in [6.45, 7) is 3.70. The first kappa shape index (κ1) is 19.5. The Labute approximate surface area is 175 Å². The van der Waals surface area contributed by atoms with Crippen LogP contribution in [0.5, 0.6) is 0 Å². The molecule has 3 heterocycles. The van der Waals surface area contributed by atoms with Crippen LogP contribution < -0.4 is 5.32 Å². The van der Waals surface area contributed by atoms with Gasteiger partial charge in [-0.1, -0.05) is 24.3 Å². The number of para-hydroxylation sites is 1. The number of nitrogens with one attached hydrogen (secondary N) is 1. The number of carbonyl (C=O) groups is 1. The zero-order valence-electron chi connectivity index (χ0n) is 16.8. The monoisotopic (exact) mass is 425 g/mol. The van der Waals surface area contributed by atoms with Crippen LogP contribution in [0.25, 0.3) is 21.8 Å². The van der Waals surface area contributed by atoms with Gasteiger partial charge >= 0.3 is 12.2 Å². The lowest BCUT2D eigenvalue weighted by atomic mass is 10.1. The fourth-order valence-corrected chi connectivity index (χ4v) is 4.35. The lowest BCUT2D eigenvalue weighted by molar-refractivity contribution is -0.141. The van der Waals surface area contributed by atoms with Gasteiger partial charge in [-0.2, -0.15) is 23.0 Å². The number of pyridine rings is 2. The molecule has 158 valence electrons. The van der Waals surface area contributed by atoms with Gasteiger partial charge in [-0.3, -0.25) is 4.98 Å². The number of rotatable bonds is 1. The number of alkyl halides is 3. The summed E-state index contributed by atoms with van der Waals surface area (Å²) in [4.78, 5) is 21.6. The van der Waals surface area contributed by atoms with Gasteiger partial charge in [0, 0.05) is 22.2 Å². The van der Waals surface area contributed by atoms with E-state index in [0.29, 0.717) is 35.3 Å². The van der Waals surface area contributed by atoms with Crippen LogP contribution in [0.4, 0.5) is 18.0 Å². The minimum absolute atomic E-state index is 0.368. The van der Waals surface area contributed by atoms with Crippen molar-refractivity contribution >= 4 is 27.8 Å². The third-order valence-electron chi connectivity index (χ3n) is 5.70. The number of carbonyl (C=O) groups excluding carboxylic acids is 1. The average molecular weight is 425 g/mol. The molecule has 9 heteroatoms. The minimum Gasteiger partial charge on any atom is -0.329 e. The minimum atomic E-state index is -4.49. The molecule has 0 unspecified atom stereocenters. The van der Waals surface area contributed by atoms with E-state index in [2.05, 4.69) is 20.4 Å². The number of amides is 1. The van der Waals surface area contributed by atoms with Gasteiger partial charge < -0.3 is 5.32 Å². The first-order valence-corrected chi connectivity index (χ1v) is 9.86. The lowest BCUT2D eigenvalue weighted by Crippen LogP contribution is -2.32. The van der Waals surface area contributed by atoms with Gasteiger partial charge in [-0.25, -0.2) is 9.78 Å². The molecule has 1 amide bonds. The van der Waals surface area contributed by atoms with Crippen molar-refractivity contribution in [3.05, 3.63) is 64.7 Å². The predicted molar refractivity (Wildman–Crippen MR) is 109 cm³/mol. The molecule has 0 radical (unpaired) electrons. The van der Waals surface area contributed by atoms with Crippen LogP contribution >= 0.6 is 0 Å². The Morgan fingerprint density at radius 3 is 2.65 bits per heavy atom. The maximum absolute atomic E-state index is 13.2. The molecular weight excluding hydrogens is 407 g/mol. The number of hydrogen-bond donors (Lipinski definition) is 1. The van der Waals surface area contributed by atoms with E-state index >= 15 is 0 Å². The third-order valence-corrected chi connectivity index (χ3v) is 5.70. The first-order valence-electron chi connectivity index (χ1n) is 9.86. The summed E-state index contributed by atoms with van der Waals surface area (Å²) in [5, 5.41) is 8.99. The second-order valence-electron chi connectivity index (χ2n) is 7.71. The molecule has 0 aliphatic heterocycles. The highest BCUT2D eigenvalue weighted by molar-refractivity contribution is 6.08. The molecule has 6 nitrogen and oxygen atoms in total. The van der Waals surface area contributed by atoms with Gasteiger partial charge in [0.1, 0.15) is 5.69 Å². The van der Waals surface area contributed by atoms with Crippen LogP contribution in [0.15, 0.2) is 36.4 Å². The van der Waals surface area contributed by atoms with Crippen molar-refractivity contribution < 1.29 is 18.0 Å². The molecule has 5 rings (SSSR count). The van der Waals surface area contributed by atoms with Gasteiger partial charge in [0.05, 0.1) is 22.8 Å². The maximum atomic E-state index is 13.2. The molecule has 4 aromatic rings. The second kappa shape index (κ2) is 6.76. The van der Waals surface area contributed by atoms with Crippen molar-refractivity contribution in [2.45, 2.75) is 38.9 Å². The van der Waals surface area contributed by atoms with Crippen LogP contribution in [0.2, 0.25) is 0 Å². The van der Waals surface area contributed by atoms with Crippen LogP contribution in [-0.4, -0.2) is 25.8 Å². The molecule has 31 heavy (non-hydrogen) atoms. The fourth-order valence-electron chi connectivity index (χ4n) is 4.35. The molecule has 1 aliphatic rings. The summed E-state index contributed by atoms with van der Waals surface area (Å²) in [6, 6.07) is 9.02. The molecule has 3 aromatic heterocycles. The van der Waals surface area contributed by atoms with E-state index in [9.17, 15) is 18.0 Å². The number of aromatic nitrogens is 4. The van der Waals surface area contributed by atoms with Crippen molar-refractivity contribution in [2.75, 3.05) is 0 Å². The van der Waals surface area contributed by atoms with E-state index in [0.717, 1.165) is 28.0 Å². The van der Waals surface area contributed by atoms with E-state index in [1.807, 2.05) is 38.1 Å². The molecular formula is C22H18F3N5O. The summed E-state index contributed by atoms with van der Waals surface area (Å²) in [5.41, 5.74) is 2.95. The smallest absolute Gasteiger partial charge is 0.329 e. The molecule has 0 bridgehead atoms. The number of aryl methyl sites for hydroxylation is 3. The molecule has 1 N–H and O–H groups in total. The van der Waals surface area contributed by atoms with E-state index < -0.39 is 23.9 Å². The number of hydrogen-bond acceptors (Lipinski definition) is 4. The van der Waals surface area contributed by atoms with Gasteiger partial charge in [-0.05, 0) is 44.4 Å². The molecule has 0 spiro atoms. The largest absolute Gasteiger partial charge is 0.433 e. The predicted octanol–water partition coefficient (Wildman–Crippen LogP) is 4.86. The summed E-state index contributed by atoms with van der Waals surface area (Å²) >= 11 is 0. The highest BCUT2D eigenvalue weighted by Crippen LogP contribution is 2.35. The summed E-state index contributed by atoms with van der Waals surface area (Å²) in [5.74, 6) is 0. The normalized spacial score (nSPS) is 16.1. The number of halogens is 3. The standard InChI is InChI=1S/C22H18F3N5O/c1-11-19-12(2)29-30(20(19)14-5-3-4-6-15(14)26-11)21(31)28-17-9-8-16-13(17)7-10-18(27-16)22(23,24)25/h3-7,10,17H,8-9H2,1-2H3,(H,28,31)/t17-/m0/s1. The van der Waals surface area contributed by atoms with E-state index in [1.54, 1.807) is 0 Å². The van der Waals surface area contributed by atoms with Crippen molar-refractivity contribution in [1.29, 1.82) is 0 Å². The van der Waals surface area contributed by atoms with Crippen LogP contribution in [0.1, 0.15) is 40.8 Å². The van der Waals surface area contributed by atoms with E-state index in [1.165, 1.54) is 10.7 Å². The fraction of sp³-hybridized carbons (Fsp3) is 0.273. The second-order valence-corrected chi connectivity index (χ2v) is 7.71. The van der Waals surface area contributed by atoms with E-state index in [-0.39, 0.29) is 0 Å². The van der Waals surface area contributed by atoms with Crippen molar-refractivity contribution in [3.8, 4) is 0 Å². The Balaban J connectivity index is 1.53. The molecule has 0 fully saturated rings. The topological polar surface area (TPSA) is 72.7 Å². The van der Waals surface area contributed by atoms with Crippen molar-refractivity contribution in [2.24, 2.45) is 0 Å². The molecule has 0 saturated carbocycles. The van der Waals surface area contributed by atoms with Crippen molar-refractivity contribution in [3.63, 3.8) is 0 Å². The SMILES string of the molecule is Cc1nc2ccccc2c2c1c(C)nn2C(=O)N[C@H]1CCc2nc(C(F)(F)F)ccc21. The lowest BCUT2D eigenvalue weighted by Gasteiger charge is -2.15. The Morgan fingerprint density at radius 2 is 1.87 bits per heavy atom. The zero-order chi connectivity index (χ0) is 21.9. The van der Waals surface area contributed by atoms with E-state index in [4.69, 9.17) is 0 Å². The Kier molecular flexibility index (Phi) is 4.25. The van der Waals surface area contributed by atoms with Gasteiger partial charge in [-0.15, -0.1) is 0 Å². The molecule has 0 saturated heterocycles. The summed E-state index contributed by atoms with van der Waals surface area (Å²) in [7, 11) is 0. The van der Waals surface area contributed by atoms with Crippen LogP contribution in [-0.2, 0) is 12.6 Å². The zero-order valence-corrected chi connectivity index (χ0v) is 16.8. The molecule has 1 atom stereocenters. The van der Waals surface area contributed by atoms with Gasteiger partial charge in [0.25, 0.3) is 0 Å². The quantitative estimate of drug-likeness (QED) is 0.473. The average Bonchev–Trinajstić information content (AvgIpc) is 3.29. The van der Waals surface area contributed by atoms with Crippen LogP contribution in [0.3, 0.4) is 0 Å². The number of fused-ring (bicyclic) bond motifs is 4. The molecule has 1 aromatic carbocycles.